The molecule has 26 heavy (non-hydrogen) atoms. The lowest BCUT2D eigenvalue weighted by Crippen LogP contribution is -2.07. The molecule has 0 bridgehead atoms. The van der Waals surface area contributed by atoms with Crippen molar-refractivity contribution in [3.05, 3.63) is 59.3 Å². The molecule has 0 aliphatic carbocycles. The topological polar surface area (TPSA) is 69.7 Å². The van der Waals surface area contributed by atoms with E-state index in [9.17, 15) is 0 Å². The second-order valence-electron chi connectivity index (χ2n) is 7.10. The Balaban J connectivity index is 1.30. The first-order valence-corrected chi connectivity index (χ1v) is 9.39. The van der Waals surface area contributed by atoms with Crippen molar-refractivity contribution in [2.24, 2.45) is 5.16 Å². The summed E-state index contributed by atoms with van der Waals surface area (Å²) in [4.78, 5) is 9.70. The maximum atomic E-state index is 5.94. The molecular weight excluding hydrogens is 326 g/mol. The van der Waals surface area contributed by atoms with Crippen LogP contribution in [0.4, 0.5) is 5.82 Å². The Morgan fingerprint density at radius 3 is 2.73 bits per heavy atom. The third kappa shape index (κ3) is 4.05. The minimum atomic E-state index is -0.121. The number of oxime groups is 1. The van der Waals surface area contributed by atoms with Gasteiger partial charge in [0, 0.05) is 31.2 Å². The highest BCUT2D eigenvalue weighted by Crippen LogP contribution is 2.30. The number of pyridine rings is 1. The summed E-state index contributed by atoms with van der Waals surface area (Å²) >= 11 is 0. The summed E-state index contributed by atoms with van der Waals surface area (Å²) in [7, 11) is 0. The zero-order chi connectivity index (χ0) is 17.8. The minimum absolute atomic E-state index is 0.121. The Kier molecular flexibility index (Phi) is 5.16. The average molecular weight is 351 g/mol. The quantitative estimate of drug-likeness (QED) is 0.858. The van der Waals surface area contributed by atoms with E-state index in [0.29, 0.717) is 11.9 Å². The zero-order valence-electron chi connectivity index (χ0n) is 14.9. The first-order valence-electron chi connectivity index (χ1n) is 9.39. The van der Waals surface area contributed by atoms with E-state index in [0.717, 1.165) is 43.6 Å². The number of nitrogen functional groups attached to an aromatic ring is 1. The van der Waals surface area contributed by atoms with Gasteiger partial charge in [0.1, 0.15) is 5.82 Å². The minimum Gasteiger partial charge on any atom is -0.387 e. The summed E-state index contributed by atoms with van der Waals surface area (Å²) in [5, 5.41) is 4.26. The molecule has 2 unspecified atom stereocenters. The molecule has 4 rings (SSSR count). The lowest BCUT2D eigenvalue weighted by molar-refractivity contribution is 0.0860. The van der Waals surface area contributed by atoms with Crippen molar-refractivity contribution in [2.45, 2.75) is 50.7 Å². The normalized spacial score (nSPS) is 22.2. The molecule has 2 aliphatic heterocycles. The van der Waals surface area contributed by atoms with Crippen LogP contribution in [0.5, 0.6) is 0 Å². The van der Waals surface area contributed by atoms with E-state index in [1.807, 2.05) is 12.1 Å². The number of nitrogens with two attached hydrogens (primary N) is 1. The third-order valence-corrected chi connectivity index (χ3v) is 5.16. The Labute approximate surface area is 154 Å². The molecule has 5 heteroatoms. The summed E-state index contributed by atoms with van der Waals surface area (Å²) in [6, 6.07) is 12.7. The van der Waals surface area contributed by atoms with Gasteiger partial charge in [-0.25, -0.2) is 4.98 Å². The lowest BCUT2D eigenvalue weighted by Gasteiger charge is -2.10. The maximum absolute atomic E-state index is 5.94. The van der Waals surface area contributed by atoms with Crippen LogP contribution in [0.2, 0.25) is 0 Å². The van der Waals surface area contributed by atoms with Crippen LogP contribution in [-0.2, 0) is 22.4 Å². The van der Waals surface area contributed by atoms with E-state index in [2.05, 4.69) is 34.4 Å². The second kappa shape index (κ2) is 7.87. The van der Waals surface area contributed by atoms with E-state index in [1.54, 1.807) is 6.20 Å². The fraction of sp³-hybridized carbons (Fsp3) is 0.429. The molecule has 1 fully saturated rings. The molecule has 1 aromatic carbocycles. The number of benzene rings is 1. The van der Waals surface area contributed by atoms with Gasteiger partial charge in [-0.05, 0) is 48.9 Å². The maximum Gasteiger partial charge on any atom is 0.161 e. The number of nitrogens with zero attached hydrogens (tertiary/aromatic N) is 2. The second-order valence-corrected chi connectivity index (χ2v) is 7.10. The van der Waals surface area contributed by atoms with Crippen LogP contribution in [0.25, 0.3) is 0 Å². The fourth-order valence-electron chi connectivity index (χ4n) is 3.66. The van der Waals surface area contributed by atoms with Gasteiger partial charge in [0.05, 0.1) is 11.8 Å². The predicted octanol–water partition coefficient (Wildman–Crippen LogP) is 3.84. The highest BCUT2D eigenvalue weighted by Gasteiger charge is 2.25. The van der Waals surface area contributed by atoms with E-state index < -0.39 is 0 Å². The van der Waals surface area contributed by atoms with Crippen LogP contribution in [-0.4, -0.2) is 23.4 Å². The summed E-state index contributed by atoms with van der Waals surface area (Å²) in [6.45, 7) is 0.930. The molecule has 3 heterocycles. The van der Waals surface area contributed by atoms with E-state index in [1.165, 1.54) is 24.0 Å². The molecular formula is C21H25N3O2. The molecule has 0 spiro atoms. The molecule has 2 atom stereocenters. The Bertz CT molecular complexity index is 767. The molecule has 136 valence electrons. The van der Waals surface area contributed by atoms with Crippen molar-refractivity contribution in [3.8, 4) is 0 Å². The Morgan fingerprint density at radius 1 is 1.12 bits per heavy atom. The number of ether oxygens (including phenoxy) is 1. The SMILES string of the molecule is Nc1ncccc1C1CC(Cc2ccc(CCC3CCCO3)cc2)=NO1. The van der Waals surface area contributed by atoms with Crippen LogP contribution in [0.15, 0.2) is 47.8 Å². The lowest BCUT2D eigenvalue weighted by atomic mass is 9.99. The first-order chi connectivity index (χ1) is 12.8. The Morgan fingerprint density at radius 2 is 1.96 bits per heavy atom. The molecule has 0 amide bonds. The first kappa shape index (κ1) is 17.0. The largest absolute Gasteiger partial charge is 0.387 e. The van der Waals surface area contributed by atoms with E-state index in [-0.39, 0.29) is 6.10 Å². The molecule has 2 aliphatic rings. The van der Waals surface area contributed by atoms with Crippen LogP contribution >= 0.6 is 0 Å². The number of rotatable bonds is 6. The predicted molar refractivity (Wildman–Crippen MR) is 102 cm³/mol. The van der Waals surface area contributed by atoms with Crippen LogP contribution < -0.4 is 5.73 Å². The van der Waals surface area contributed by atoms with Gasteiger partial charge in [0.15, 0.2) is 6.10 Å². The smallest absolute Gasteiger partial charge is 0.161 e. The van der Waals surface area contributed by atoms with Gasteiger partial charge in [-0.15, -0.1) is 0 Å². The van der Waals surface area contributed by atoms with Gasteiger partial charge in [-0.3, -0.25) is 0 Å². The zero-order valence-corrected chi connectivity index (χ0v) is 14.9. The standard InChI is InChI=1S/C21H25N3O2/c22-21-19(4-1-11-23-21)20-14-17(24-26-20)13-16-7-5-15(6-8-16)9-10-18-3-2-12-25-18/h1,4-8,11,18,20H,2-3,9-10,12-14H2,(H2,22,23). The van der Waals surface area contributed by atoms with Gasteiger partial charge in [-0.1, -0.05) is 29.4 Å². The molecule has 0 radical (unpaired) electrons. The molecule has 1 aromatic heterocycles. The summed E-state index contributed by atoms with van der Waals surface area (Å²) in [5.41, 5.74) is 10.5. The van der Waals surface area contributed by atoms with Crippen molar-refractivity contribution in [3.63, 3.8) is 0 Å². The van der Waals surface area contributed by atoms with Crippen molar-refractivity contribution < 1.29 is 9.57 Å². The molecule has 2 aromatic rings. The van der Waals surface area contributed by atoms with Gasteiger partial charge < -0.3 is 15.3 Å². The molecule has 2 N–H and O–H groups in total. The number of hydrogen-bond acceptors (Lipinski definition) is 5. The van der Waals surface area contributed by atoms with Crippen LogP contribution in [0.3, 0.4) is 0 Å². The van der Waals surface area contributed by atoms with E-state index in [4.69, 9.17) is 15.3 Å². The van der Waals surface area contributed by atoms with Crippen molar-refractivity contribution >= 4 is 11.5 Å². The van der Waals surface area contributed by atoms with Crippen molar-refractivity contribution in [1.29, 1.82) is 0 Å². The third-order valence-electron chi connectivity index (χ3n) is 5.16. The number of aromatic nitrogens is 1. The van der Waals surface area contributed by atoms with Gasteiger partial charge in [-0.2, -0.15) is 0 Å². The number of aryl methyl sites for hydroxylation is 1. The van der Waals surface area contributed by atoms with Crippen molar-refractivity contribution in [1.82, 2.24) is 4.98 Å². The van der Waals surface area contributed by atoms with E-state index >= 15 is 0 Å². The van der Waals surface area contributed by atoms with Crippen LogP contribution in [0.1, 0.15) is 48.5 Å². The summed E-state index contributed by atoms with van der Waals surface area (Å²) in [6.07, 6.45) is 8.21. The molecule has 1 saturated heterocycles. The van der Waals surface area contributed by atoms with Gasteiger partial charge in [0.2, 0.25) is 0 Å². The van der Waals surface area contributed by atoms with Crippen molar-refractivity contribution in [2.75, 3.05) is 12.3 Å². The summed E-state index contributed by atoms with van der Waals surface area (Å²) in [5.74, 6) is 0.518. The average Bonchev–Trinajstić information content (AvgIpc) is 3.34. The summed E-state index contributed by atoms with van der Waals surface area (Å²) < 4.78 is 5.70. The fourth-order valence-corrected chi connectivity index (χ4v) is 3.66. The van der Waals surface area contributed by atoms with Crippen LogP contribution in [0, 0.1) is 0 Å². The molecule has 5 nitrogen and oxygen atoms in total. The highest BCUT2D eigenvalue weighted by atomic mass is 16.6. The monoisotopic (exact) mass is 351 g/mol. The molecule has 0 saturated carbocycles. The highest BCUT2D eigenvalue weighted by molar-refractivity contribution is 5.87. The van der Waals surface area contributed by atoms with Gasteiger partial charge >= 0.3 is 0 Å². The number of hydrogen-bond donors (Lipinski definition) is 1. The Hall–Kier alpha value is -2.40. The number of anilines is 1. The van der Waals surface area contributed by atoms with Gasteiger partial charge in [0.25, 0.3) is 0 Å².